The van der Waals surface area contributed by atoms with Crippen LogP contribution >= 0.6 is 28.1 Å². The fourth-order valence-corrected chi connectivity index (χ4v) is 2.42. The number of carbonyl (C=O) groups excluding carboxylic acids is 2. The second kappa shape index (κ2) is 6.11. The van der Waals surface area contributed by atoms with Crippen LogP contribution in [0, 0.1) is 0 Å². The van der Waals surface area contributed by atoms with Crippen LogP contribution in [-0.2, 0) is 9.59 Å². The molecule has 6 heteroatoms. The largest absolute Gasteiger partial charge is 0.298 e. The van der Waals surface area contributed by atoms with Crippen LogP contribution in [0.25, 0.3) is 6.08 Å². The van der Waals surface area contributed by atoms with E-state index in [1.807, 2.05) is 24.3 Å². The van der Waals surface area contributed by atoms with Crippen molar-refractivity contribution >= 4 is 51.2 Å². The zero-order valence-electron chi connectivity index (χ0n) is 10.4. The van der Waals surface area contributed by atoms with Gasteiger partial charge in [-0.15, -0.1) is 6.58 Å². The Morgan fingerprint density at radius 1 is 1.40 bits per heavy atom. The predicted molar refractivity (Wildman–Crippen MR) is 84.8 cm³/mol. The minimum Gasteiger partial charge on any atom is -0.298 e. The van der Waals surface area contributed by atoms with Crippen LogP contribution in [0.15, 0.2) is 47.0 Å². The van der Waals surface area contributed by atoms with Gasteiger partial charge in [0.15, 0.2) is 5.11 Å². The van der Waals surface area contributed by atoms with Gasteiger partial charge in [-0.2, -0.15) is 0 Å². The highest BCUT2D eigenvalue weighted by molar-refractivity contribution is 9.10. The number of halogens is 1. The molecule has 0 bridgehead atoms. The smallest absolute Gasteiger partial charge is 0.265 e. The minimum atomic E-state index is -0.486. The molecule has 1 heterocycles. The molecule has 0 unspecified atom stereocenters. The summed E-state index contributed by atoms with van der Waals surface area (Å²) in [5, 5.41) is 2.60. The Morgan fingerprint density at radius 2 is 2.15 bits per heavy atom. The first-order valence-corrected chi connectivity index (χ1v) is 6.98. The third kappa shape index (κ3) is 3.02. The van der Waals surface area contributed by atoms with Crippen molar-refractivity contribution in [2.45, 2.75) is 0 Å². The van der Waals surface area contributed by atoms with Crippen LogP contribution in [-0.4, -0.2) is 28.4 Å². The number of carbonyl (C=O) groups is 2. The van der Waals surface area contributed by atoms with Gasteiger partial charge in [-0.05, 0) is 36.0 Å². The normalized spacial score (nSPS) is 17.4. The summed E-state index contributed by atoms with van der Waals surface area (Å²) in [5.74, 6) is -0.904. The number of amides is 2. The monoisotopic (exact) mass is 350 g/mol. The molecule has 0 aliphatic carbocycles. The number of rotatable bonds is 3. The molecule has 0 spiro atoms. The molecule has 2 rings (SSSR count). The molecule has 1 aliphatic heterocycles. The lowest BCUT2D eigenvalue weighted by molar-refractivity contribution is -0.128. The molecule has 0 atom stereocenters. The molecule has 0 saturated carbocycles. The van der Waals surface area contributed by atoms with E-state index in [-0.39, 0.29) is 17.2 Å². The van der Waals surface area contributed by atoms with Gasteiger partial charge in [-0.1, -0.05) is 34.1 Å². The topological polar surface area (TPSA) is 49.4 Å². The van der Waals surface area contributed by atoms with Crippen LogP contribution in [0.1, 0.15) is 5.56 Å². The fourth-order valence-electron chi connectivity index (χ4n) is 1.75. The lowest BCUT2D eigenvalue weighted by Crippen LogP contribution is -2.53. The highest BCUT2D eigenvalue weighted by atomic mass is 79.9. The number of hydrogen-bond donors (Lipinski definition) is 1. The zero-order chi connectivity index (χ0) is 14.7. The van der Waals surface area contributed by atoms with Crippen LogP contribution in [0.4, 0.5) is 0 Å². The van der Waals surface area contributed by atoms with Crippen molar-refractivity contribution in [3.8, 4) is 0 Å². The summed E-state index contributed by atoms with van der Waals surface area (Å²) in [6.07, 6.45) is 3.10. The molecule has 1 aromatic carbocycles. The van der Waals surface area contributed by atoms with E-state index in [4.69, 9.17) is 12.2 Å². The van der Waals surface area contributed by atoms with Crippen molar-refractivity contribution in [3.05, 3.63) is 52.5 Å². The second-order valence-electron chi connectivity index (χ2n) is 4.08. The fraction of sp³-hybridized carbons (Fsp3) is 0.0714. The average Bonchev–Trinajstić information content (AvgIpc) is 2.39. The van der Waals surface area contributed by atoms with E-state index in [9.17, 15) is 9.59 Å². The van der Waals surface area contributed by atoms with Crippen molar-refractivity contribution in [2.75, 3.05) is 6.54 Å². The van der Waals surface area contributed by atoms with Gasteiger partial charge in [0.05, 0.1) is 0 Å². The molecule has 0 radical (unpaired) electrons. The van der Waals surface area contributed by atoms with E-state index in [0.29, 0.717) is 0 Å². The van der Waals surface area contributed by atoms with Crippen molar-refractivity contribution in [1.82, 2.24) is 10.2 Å². The van der Waals surface area contributed by atoms with Gasteiger partial charge in [0, 0.05) is 11.0 Å². The van der Waals surface area contributed by atoms with E-state index in [0.717, 1.165) is 10.0 Å². The van der Waals surface area contributed by atoms with Gasteiger partial charge in [-0.25, -0.2) is 0 Å². The van der Waals surface area contributed by atoms with Crippen LogP contribution in [0.2, 0.25) is 0 Å². The molecule has 4 nitrogen and oxygen atoms in total. The SMILES string of the molecule is C=CCN1C(=O)/C(=C\c2cccc(Br)c2)C(=O)NC1=S. The lowest BCUT2D eigenvalue weighted by atomic mass is 10.1. The minimum absolute atomic E-state index is 0.0542. The predicted octanol–water partition coefficient (Wildman–Crippen LogP) is 2.26. The Hall–Kier alpha value is -1.79. The van der Waals surface area contributed by atoms with Crippen LogP contribution in [0.3, 0.4) is 0 Å². The molecular formula is C14H11BrN2O2S. The highest BCUT2D eigenvalue weighted by Crippen LogP contribution is 2.17. The summed E-state index contributed by atoms with van der Waals surface area (Å²) in [6.45, 7) is 3.83. The number of nitrogens with one attached hydrogen (secondary N) is 1. The molecule has 1 N–H and O–H groups in total. The van der Waals surface area contributed by atoms with Crippen LogP contribution < -0.4 is 5.32 Å². The molecule has 1 aliphatic rings. The van der Waals surface area contributed by atoms with E-state index in [1.165, 1.54) is 4.90 Å². The van der Waals surface area contributed by atoms with Gasteiger partial charge < -0.3 is 0 Å². The Labute approximate surface area is 130 Å². The van der Waals surface area contributed by atoms with Crippen LogP contribution in [0.5, 0.6) is 0 Å². The molecule has 1 saturated heterocycles. The van der Waals surface area contributed by atoms with Crippen molar-refractivity contribution < 1.29 is 9.59 Å². The van der Waals surface area contributed by atoms with Crippen molar-refractivity contribution in [1.29, 1.82) is 0 Å². The summed E-state index contributed by atoms with van der Waals surface area (Å²) in [7, 11) is 0. The number of benzene rings is 1. The quantitative estimate of drug-likeness (QED) is 0.393. The van der Waals surface area contributed by atoms with Gasteiger partial charge >= 0.3 is 0 Å². The molecule has 102 valence electrons. The van der Waals surface area contributed by atoms with Gasteiger partial charge in [0.2, 0.25) is 0 Å². The van der Waals surface area contributed by atoms with E-state index in [1.54, 1.807) is 12.2 Å². The maximum absolute atomic E-state index is 12.3. The van der Waals surface area contributed by atoms with E-state index in [2.05, 4.69) is 27.8 Å². The molecular weight excluding hydrogens is 340 g/mol. The maximum Gasteiger partial charge on any atom is 0.265 e. The first kappa shape index (κ1) is 14.6. The molecule has 1 aromatic rings. The maximum atomic E-state index is 12.3. The van der Waals surface area contributed by atoms with E-state index < -0.39 is 11.8 Å². The Balaban J connectivity index is 2.38. The zero-order valence-corrected chi connectivity index (χ0v) is 12.8. The van der Waals surface area contributed by atoms with Crippen molar-refractivity contribution in [2.24, 2.45) is 0 Å². The molecule has 1 fully saturated rings. The van der Waals surface area contributed by atoms with Crippen molar-refractivity contribution in [3.63, 3.8) is 0 Å². The Bertz CT molecular complexity index is 640. The van der Waals surface area contributed by atoms with Gasteiger partial charge in [0.25, 0.3) is 11.8 Å². The third-order valence-corrected chi connectivity index (χ3v) is 3.47. The molecule has 2 amide bonds. The molecule has 20 heavy (non-hydrogen) atoms. The number of thiocarbonyl (C=S) groups is 1. The number of nitrogens with zero attached hydrogens (tertiary/aromatic N) is 1. The summed E-state index contributed by atoms with van der Waals surface area (Å²) >= 11 is 8.32. The summed E-state index contributed by atoms with van der Waals surface area (Å²) in [4.78, 5) is 25.5. The number of hydrogen-bond acceptors (Lipinski definition) is 3. The summed E-state index contributed by atoms with van der Waals surface area (Å²) < 4.78 is 0.869. The average molecular weight is 351 g/mol. The molecule has 0 aromatic heterocycles. The second-order valence-corrected chi connectivity index (χ2v) is 5.38. The standard InChI is InChI=1S/C14H11BrN2O2S/c1-2-6-17-13(19)11(12(18)16-14(17)20)8-9-4-3-5-10(15)7-9/h2-5,7-8H,1,6H2,(H,16,18,20)/b11-8-. The van der Waals surface area contributed by atoms with E-state index >= 15 is 0 Å². The third-order valence-electron chi connectivity index (χ3n) is 2.66. The lowest BCUT2D eigenvalue weighted by Gasteiger charge is -2.27. The highest BCUT2D eigenvalue weighted by Gasteiger charge is 2.32. The summed E-state index contributed by atoms with van der Waals surface area (Å²) in [6, 6.07) is 7.32. The van der Waals surface area contributed by atoms with Gasteiger partial charge in [-0.3, -0.25) is 19.8 Å². The first-order chi connectivity index (χ1) is 9.52. The summed E-state index contributed by atoms with van der Waals surface area (Å²) in [5.41, 5.74) is 0.808. The van der Waals surface area contributed by atoms with Gasteiger partial charge in [0.1, 0.15) is 5.57 Å². The first-order valence-electron chi connectivity index (χ1n) is 5.78. The Kier molecular flexibility index (Phi) is 4.46. The Morgan fingerprint density at radius 3 is 2.80 bits per heavy atom.